The van der Waals surface area contributed by atoms with Gasteiger partial charge in [0.2, 0.25) is 0 Å². The number of likely N-dealkylation sites (tertiary alicyclic amines) is 1. The summed E-state index contributed by atoms with van der Waals surface area (Å²) < 4.78 is 21.8. The van der Waals surface area contributed by atoms with E-state index >= 15 is 0 Å². The maximum atomic E-state index is 14.5. The minimum absolute atomic E-state index is 0.0754. The lowest BCUT2D eigenvalue weighted by atomic mass is 9.95. The minimum atomic E-state index is -0.507. The molecule has 1 aliphatic heterocycles. The first-order valence-electron chi connectivity index (χ1n) is 11.2. The number of rotatable bonds is 7. The molecule has 7 nitrogen and oxygen atoms in total. The minimum Gasteiger partial charge on any atom is -0.489 e. The van der Waals surface area contributed by atoms with Crippen molar-refractivity contribution in [3.8, 4) is 17.1 Å². The van der Waals surface area contributed by atoms with Gasteiger partial charge in [0.1, 0.15) is 31.3 Å². The number of hydrogen-bond donors (Lipinski definition) is 0. The molecule has 1 aliphatic rings. The van der Waals surface area contributed by atoms with Crippen LogP contribution in [-0.4, -0.2) is 63.9 Å². The molecule has 0 bridgehead atoms. The van der Waals surface area contributed by atoms with E-state index in [-0.39, 0.29) is 5.46 Å². The highest BCUT2D eigenvalue weighted by molar-refractivity contribution is 6.33. The third kappa shape index (κ3) is 4.88. The number of aromatic nitrogens is 5. The number of fused-ring (bicyclic) bond motifs is 1. The average Bonchev–Trinajstić information content (AvgIpc) is 3.26. The fourth-order valence-corrected chi connectivity index (χ4v) is 4.15. The second-order valence-electron chi connectivity index (χ2n) is 8.28. The van der Waals surface area contributed by atoms with Crippen LogP contribution in [0.1, 0.15) is 24.8 Å². The molecule has 2 aromatic heterocycles. The fourth-order valence-electron chi connectivity index (χ4n) is 4.15. The summed E-state index contributed by atoms with van der Waals surface area (Å²) in [5, 5.41) is 8.13. The van der Waals surface area contributed by atoms with Gasteiger partial charge in [-0.25, -0.2) is 19.0 Å². The summed E-state index contributed by atoms with van der Waals surface area (Å²) in [5.74, 6) is 0.751. The maximum Gasteiger partial charge on any atom is 0.159 e. The van der Waals surface area contributed by atoms with E-state index in [0.717, 1.165) is 30.8 Å². The van der Waals surface area contributed by atoms with E-state index in [0.29, 0.717) is 35.8 Å². The number of benzene rings is 2. The normalized spacial score (nSPS) is 14.6. The highest BCUT2D eigenvalue weighted by atomic mass is 19.1. The highest BCUT2D eigenvalue weighted by Crippen LogP contribution is 2.20. The summed E-state index contributed by atoms with van der Waals surface area (Å²) >= 11 is 0. The quantitative estimate of drug-likeness (QED) is 0.410. The van der Waals surface area contributed by atoms with Crippen molar-refractivity contribution >= 4 is 24.3 Å². The second-order valence-corrected chi connectivity index (χ2v) is 8.28. The van der Waals surface area contributed by atoms with Gasteiger partial charge < -0.3 is 4.74 Å². The summed E-state index contributed by atoms with van der Waals surface area (Å²) in [6, 6.07) is 10.9. The molecule has 0 atom stereocenters. The molecule has 4 aromatic rings. The van der Waals surface area contributed by atoms with Crippen LogP contribution < -0.4 is 10.2 Å². The Morgan fingerprint density at radius 1 is 1.03 bits per heavy atom. The van der Waals surface area contributed by atoms with Gasteiger partial charge in [0.25, 0.3) is 0 Å². The lowest BCUT2D eigenvalue weighted by Gasteiger charge is -2.26. The van der Waals surface area contributed by atoms with Crippen molar-refractivity contribution in [3.05, 3.63) is 60.2 Å². The van der Waals surface area contributed by atoms with Crippen LogP contribution in [0.3, 0.4) is 0 Å². The third-order valence-corrected chi connectivity index (χ3v) is 5.91. The Morgan fingerprint density at radius 3 is 2.67 bits per heavy atom. The molecule has 2 aromatic carbocycles. The van der Waals surface area contributed by atoms with Crippen molar-refractivity contribution in [1.29, 1.82) is 0 Å². The van der Waals surface area contributed by atoms with Crippen LogP contribution in [0.4, 0.5) is 4.39 Å². The first-order valence-corrected chi connectivity index (χ1v) is 11.2. The molecule has 0 aliphatic carbocycles. The van der Waals surface area contributed by atoms with E-state index in [1.54, 1.807) is 18.5 Å². The van der Waals surface area contributed by atoms with E-state index in [2.05, 4.69) is 25.2 Å². The molecule has 0 saturated carbocycles. The van der Waals surface area contributed by atoms with Crippen LogP contribution in [0.15, 0.2) is 48.8 Å². The van der Waals surface area contributed by atoms with Gasteiger partial charge in [-0.15, -0.1) is 5.10 Å². The van der Waals surface area contributed by atoms with Crippen molar-refractivity contribution in [1.82, 2.24) is 29.9 Å². The summed E-state index contributed by atoms with van der Waals surface area (Å²) in [7, 11) is 5.71. The Bertz CT molecular complexity index is 1240. The van der Waals surface area contributed by atoms with E-state index in [9.17, 15) is 4.39 Å². The van der Waals surface area contributed by atoms with Crippen LogP contribution >= 0.6 is 0 Å². The predicted molar refractivity (Wildman–Crippen MR) is 125 cm³/mol. The van der Waals surface area contributed by atoms with Gasteiger partial charge in [0, 0.05) is 12.1 Å². The van der Waals surface area contributed by atoms with E-state index < -0.39 is 5.82 Å². The van der Waals surface area contributed by atoms with Crippen LogP contribution in [0, 0.1) is 5.82 Å². The SMILES string of the molecule is [B]c1ccc2nnn(Cc3cccc(-c4ncc(OCCN5CCCCC5)cn4)c3)c2c1F. The van der Waals surface area contributed by atoms with Crippen LogP contribution in [0.25, 0.3) is 22.4 Å². The number of halogens is 1. The van der Waals surface area contributed by atoms with Gasteiger partial charge in [-0.3, -0.25) is 4.90 Å². The lowest BCUT2D eigenvalue weighted by Crippen LogP contribution is -2.33. The molecule has 166 valence electrons. The van der Waals surface area contributed by atoms with Gasteiger partial charge in [0.15, 0.2) is 11.6 Å². The average molecular weight is 442 g/mol. The molecular formula is C24H24BFN6O. The highest BCUT2D eigenvalue weighted by Gasteiger charge is 2.13. The molecule has 0 spiro atoms. The molecule has 9 heteroatoms. The van der Waals surface area contributed by atoms with Crippen molar-refractivity contribution in [2.75, 3.05) is 26.2 Å². The summed E-state index contributed by atoms with van der Waals surface area (Å²) in [6.45, 7) is 4.21. The van der Waals surface area contributed by atoms with E-state index in [1.807, 2.05) is 24.3 Å². The molecule has 1 fully saturated rings. The lowest BCUT2D eigenvalue weighted by molar-refractivity contribution is 0.183. The van der Waals surface area contributed by atoms with Crippen LogP contribution in [0.5, 0.6) is 5.75 Å². The molecule has 2 radical (unpaired) electrons. The molecule has 3 heterocycles. The van der Waals surface area contributed by atoms with Crippen molar-refractivity contribution in [2.24, 2.45) is 0 Å². The monoisotopic (exact) mass is 442 g/mol. The van der Waals surface area contributed by atoms with Crippen molar-refractivity contribution in [2.45, 2.75) is 25.8 Å². The Balaban J connectivity index is 1.26. The Hall–Kier alpha value is -3.33. The predicted octanol–water partition coefficient (Wildman–Crippen LogP) is 2.73. The molecule has 0 amide bonds. The maximum absolute atomic E-state index is 14.5. The molecule has 0 N–H and O–H groups in total. The van der Waals surface area contributed by atoms with Crippen molar-refractivity contribution < 1.29 is 9.13 Å². The van der Waals surface area contributed by atoms with Gasteiger partial charge in [-0.05, 0) is 43.6 Å². The Labute approximate surface area is 193 Å². The fraction of sp³-hybridized carbons (Fsp3) is 0.333. The van der Waals surface area contributed by atoms with Crippen molar-refractivity contribution in [3.63, 3.8) is 0 Å². The van der Waals surface area contributed by atoms with Crippen LogP contribution in [0.2, 0.25) is 0 Å². The summed E-state index contributed by atoms with van der Waals surface area (Å²) in [5.41, 5.74) is 2.62. The zero-order valence-corrected chi connectivity index (χ0v) is 18.3. The third-order valence-electron chi connectivity index (χ3n) is 5.91. The number of piperidine rings is 1. The van der Waals surface area contributed by atoms with Gasteiger partial charge in [-0.2, -0.15) is 0 Å². The number of hydrogen-bond acceptors (Lipinski definition) is 6. The molecule has 1 saturated heterocycles. The molecule has 0 unspecified atom stereocenters. The zero-order valence-electron chi connectivity index (χ0n) is 18.3. The van der Waals surface area contributed by atoms with Gasteiger partial charge in [-0.1, -0.05) is 41.4 Å². The first kappa shape index (κ1) is 21.5. The van der Waals surface area contributed by atoms with Gasteiger partial charge in [0.05, 0.1) is 18.9 Å². The summed E-state index contributed by atoms with van der Waals surface area (Å²) in [4.78, 5) is 11.4. The second kappa shape index (κ2) is 9.66. The van der Waals surface area contributed by atoms with E-state index in [4.69, 9.17) is 12.6 Å². The number of nitrogens with zero attached hydrogens (tertiary/aromatic N) is 6. The molecular weight excluding hydrogens is 418 g/mol. The number of ether oxygens (including phenoxy) is 1. The Kier molecular flexibility index (Phi) is 6.30. The first-order chi connectivity index (χ1) is 16.2. The van der Waals surface area contributed by atoms with Crippen LogP contribution in [-0.2, 0) is 6.54 Å². The Morgan fingerprint density at radius 2 is 1.85 bits per heavy atom. The van der Waals surface area contributed by atoms with Gasteiger partial charge >= 0.3 is 0 Å². The topological polar surface area (TPSA) is 69.0 Å². The molecule has 33 heavy (non-hydrogen) atoms. The zero-order chi connectivity index (χ0) is 22.6. The molecule has 5 rings (SSSR count). The van der Waals surface area contributed by atoms with E-state index in [1.165, 1.54) is 30.0 Å². The smallest absolute Gasteiger partial charge is 0.159 e. The standard InChI is InChI=1S/C24H24BFN6O/c25-20-7-8-21-23(22(20)26)32(30-29-21)16-17-5-4-6-18(13-17)24-27-14-19(15-28-24)33-12-11-31-9-2-1-3-10-31/h4-8,13-15H,1-3,9-12,16H2. The summed E-state index contributed by atoms with van der Waals surface area (Å²) in [6.07, 6.45) is 7.28. The largest absolute Gasteiger partial charge is 0.489 e.